The van der Waals surface area contributed by atoms with Gasteiger partial charge in [-0.1, -0.05) is 6.07 Å². The van der Waals surface area contributed by atoms with E-state index in [-0.39, 0.29) is 10.8 Å². The molecule has 0 aliphatic carbocycles. The molecule has 0 saturated carbocycles. The van der Waals surface area contributed by atoms with Gasteiger partial charge in [0.2, 0.25) is 0 Å². The highest BCUT2D eigenvalue weighted by molar-refractivity contribution is 7.92. The number of benzene rings is 3. The zero-order valence-electron chi connectivity index (χ0n) is 17.1. The largest absolute Gasteiger partial charge is 0.494 e. The van der Waals surface area contributed by atoms with Gasteiger partial charge in [0.1, 0.15) is 5.75 Å². The first-order chi connectivity index (χ1) is 14.3. The molecule has 6 nitrogen and oxygen atoms in total. The number of amides is 1. The van der Waals surface area contributed by atoms with Crippen LogP contribution < -0.4 is 14.8 Å². The Morgan fingerprint density at radius 1 is 0.867 bits per heavy atom. The van der Waals surface area contributed by atoms with Gasteiger partial charge in [0.25, 0.3) is 15.9 Å². The van der Waals surface area contributed by atoms with Crippen molar-refractivity contribution in [1.29, 1.82) is 0 Å². The highest BCUT2D eigenvalue weighted by atomic mass is 32.2. The third kappa shape index (κ3) is 5.39. The van der Waals surface area contributed by atoms with Gasteiger partial charge in [-0.2, -0.15) is 0 Å². The van der Waals surface area contributed by atoms with E-state index >= 15 is 0 Å². The fraction of sp³-hybridized carbons (Fsp3) is 0.174. The van der Waals surface area contributed by atoms with Crippen LogP contribution >= 0.6 is 0 Å². The maximum absolute atomic E-state index is 12.6. The molecular weight excluding hydrogens is 400 g/mol. The van der Waals surface area contributed by atoms with Gasteiger partial charge in [-0.05, 0) is 92.6 Å². The van der Waals surface area contributed by atoms with E-state index in [2.05, 4.69) is 10.0 Å². The molecule has 7 heteroatoms. The lowest BCUT2D eigenvalue weighted by Gasteiger charge is -2.10. The highest BCUT2D eigenvalue weighted by Crippen LogP contribution is 2.20. The van der Waals surface area contributed by atoms with Crippen molar-refractivity contribution in [2.24, 2.45) is 0 Å². The third-order valence-corrected chi connectivity index (χ3v) is 5.72. The Morgan fingerprint density at radius 2 is 1.47 bits per heavy atom. The molecular formula is C23H24N2O4S. The molecule has 1 amide bonds. The van der Waals surface area contributed by atoms with Crippen LogP contribution in [0, 0.1) is 13.8 Å². The molecule has 0 bridgehead atoms. The van der Waals surface area contributed by atoms with Crippen LogP contribution in [0.25, 0.3) is 0 Å². The summed E-state index contributed by atoms with van der Waals surface area (Å²) in [5, 5.41) is 2.86. The van der Waals surface area contributed by atoms with E-state index in [1.165, 1.54) is 12.1 Å². The molecule has 0 unspecified atom stereocenters. The average Bonchev–Trinajstić information content (AvgIpc) is 2.68. The summed E-state index contributed by atoms with van der Waals surface area (Å²) in [5.74, 6) is 0.344. The fourth-order valence-electron chi connectivity index (χ4n) is 3.04. The SMILES string of the molecule is CCOc1ccc(S(=O)(=O)Nc2ccc(C(=O)Nc3cc(C)cc(C)c3)cc2)cc1. The summed E-state index contributed by atoms with van der Waals surface area (Å²) < 4.78 is 33.0. The summed E-state index contributed by atoms with van der Waals surface area (Å²) in [6.45, 7) is 6.30. The van der Waals surface area contributed by atoms with E-state index in [9.17, 15) is 13.2 Å². The summed E-state index contributed by atoms with van der Waals surface area (Å²) in [5.41, 5.74) is 3.64. The van der Waals surface area contributed by atoms with Crippen molar-refractivity contribution in [1.82, 2.24) is 0 Å². The second kappa shape index (κ2) is 9.00. The Hall–Kier alpha value is -3.32. The van der Waals surface area contributed by atoms with Gasteiger partial charge in [0, 0.05) is 16.9 Å². The quantitative estimate of drug-likeness (QED) is 0.573. The minimum Gasteiger partial charge on any atom is -0.494 e. The number of aryl methyl sites for hydroxylation is 2. The number of carbonyl (C=O) groups is 1. The van der Waals surface area contributed by atoms with Crippen LogP contribution in [0.5, 0.6) is 5.75 Å². The molecule has 30 heavy (non-hydrogen) atoms. The van der Waals surface area contributed by atoms with Crippen molar-refractivity contribution >= 4 is 27.3 Å². The number of hydrogen-bond acceptors (Lipinski definition) is 4. The summed E-state index contributed by atoms with van der Waals surface area (Å²) >= 11 is 0. The van der Waals surface area contributed by atoms with Crippen molar-refractivity contribution in [2.45, 2.75) is 25.7 Å². The van der Waals surface area contributed by atoms with Gasteiger partial charge in [-0.15, -0.1) is 0 Å². The molecule has 0 spiro atoms. The van der Waals surface area contributed by atoms with Gasteiger partial charge in [0.05, 0.1) is 11.5 Å². The Bertz CT molecular complexity index is 1120. The molecule has 156 valence electrons. The highest BCUT2D eigenvalue weighted by Gasteiger charge is 2.15. The van der Waals surface area contributed by atoms with Crippen LogP contribution in [0.2, 0.25) is 0 Å². The molecule has 0 aliphatic heterocycles. The van der Waals surface area contributed by atoms with Gasteiger partial charge in [-0.25, -0.2) is 8.42 Å². The second-order valence-electron chi connectivity index (χ2n) is 6.92. The predicted octanol–water partition coefficient (Wildman–Crippen LogP) is 4.76. The lowest BCUT2D eigenvalue weighted by molar-refractivity contribution is 0.102. The van der Waals surface area contributed by atoms with Crippen molar-refractivity contribution in [3.05, 3.63) is 83.4 Å². The van der Waals surface area contributed by atoms with E-state index in [4.69, 9.17) is 4.74 Å². The summed E-state index contributed by atoms with van der Waals surface area (Å²) in [6.07, 6.45) is 0. The fourth-order valence-corrected chi connectivity index (χ4v) is 4.09. The Balaban J connectivity index is 1.69. The molecule has 3 aromatic carbocycles. The molecule has 3 aromatic rings. The van der Waals surface area contributed by atoms with Crippen molar-refractivity contribution in [3.63, 3.8) is 0 Å². The first-order valence-corrected chi connectivity index (χ1v) is 11.0. The van der Waals surface area contributed by atoms with E-state index in [0.717, 1.165) is 16.8 Å². The number of hydrogen-bond donors (Lipinski definition) is 2. The van der Waals surface area contributed by atoms with Crippen molar-refractivity contribution < 1.29 is 17.9 Å². The molecule has 0 atom stereocenters. The molecule has 0 fully saturated rings. The van der Waals surface area contributed by atoms with Gasteiger partial charge < -0.3 is 10.1 Å². The van der Waals surface area contributed by atoms with Crippen LogP contribution in [0.4, 0.5) is 11.4 Å². The third-order valence-electron chi connectivity index (χ3n) is 4.32. The van der Waals surface area contributed by atoms with Gasteiger partial charge >= 0.3 is 0 Å². The van der Waals surface area contributed by atoms with Crippen LogP contribution in [0.3, 0.4) is 0 Å². The summed E-state index contributed by atoms with van der Waals surface area (Å²) in [7, 11) is -3.74. The molecule has 0 aromatic heterocycles. The van der Waals surface area contributed by atoms with Gasteiger partial charge in [0.15, 0.2) is 0 Å². The Kier molecular flexibility index (Phi) is 6.42. The van der Waals surface area contributed by atoms with E-state index in [1.807, 2.05) is 39.0 Å². The molecule has 0 heterocycles. The molecule has 2 N–H and O–H groups in total. The molecule has 3 rings (SSSR count). The van der Waals surface area contributed by atoms with Crippen molar-refractivity contribution in [2.75, 3.05) is 16.6 Å². The molecule has 0 aliphatic rings. The number of rotatable bonds is 7. The number of anilines is 2. The average molecular weight is 425 g/mol. The number of carbonyl (C=O) groups excluding carboxylic acids is 1. The summed E-state index contributed by atoms with van der Waals surface area (Å²) in [4.78, 5) is 12.6. The smallest absolute Gasteiger partial charge is 0.261 e. The monoisotopic (exact) mass is 424 g/mol. The maximum Gasteiger partial charge on any atom is 0.261 e. The first kappa shape index (κ1) is 21.4. The number of nitrogens with one attached hydrogen (secondary N) is 2. The topological polar surface area (TPSA) is 84.5 Å². The normalized spacial score (nSPS) is 11.0. The van der Waals surface area contributed by atoms with E-state index in [1.54, 1.807) is 36.4 Å². The number of sulfonamides is 1. The van der Waals surface area contributed by atoms with Crippen molar-refractivity contribution in [3.8, 4) is 5.75 Å². The lowest BCUT2D eigenvalue weighted by atomic mass is 10.1. The first-order valence-electron chi connectivity index (χ1n) is 9.52. The number of ether oxygens (including phenoxy) is 1. The lowest BCUT2D eigenvalue weighted by Crippen LogP contribution is -2.14. The van der Waals surface area contributed by atoms with Crippen LogP contribution in [-0.2, 0) is 10.0 Å². The molecule has 0 radical (unpaired) electrons. The predicted molar refractivity (Wildman–Crippen MR) is 119 cm³/mol. The standard InChI is InChI=1S/C23H24N2O4S/c1-4-29-21-9-11-22(12-10-21)30(27,28)25-19-7-5-18(6-8-19)23(26)24-20-14-16(2)13-17(3)15-20/h5-15,25H,4H2,1-3H3,(H,24,26). The van der Waals surface area contributed by atoms with Crippen LogP contribution in [0.15, 0.2) is 71.6 Å². The second-order valence-corrected chi connectivity index (χ2v) is 8.60. The summed E-state index contributed by atoms with van der Waals surface area (Å²) in [6, 6.07) is 18.3. The zero-order valence-corrected chi connectivity index (χ0v) is 17.9. The minimum absolute atomic E-state index is 0.127. The maximum atomic E-state index is 12.6. The Labute approximate surface area is 177 Å². The van der Waals surface area contributed by atoms with E-state index in [0.29, 0.717) is 23.6 Å². The Morgan fingerprint density at radius 3 is 2.03 bits per heavy atom. The minimum atomic E-state index is -3.74. The van der Waals surface area contributed by atoms with Crippen LogP contribution in [0.1, 0.15) is 28.4 Å². The molecule has 0 saturated heterocycles. The van der Waals surface area contributed by atoms with Crippen LogP contribution in [-0.4, -0.2) is 20.9 Å². The van der Waals surface area contributed by atoms with Gasteiger partial charge in [-0.3, -0.25) is 9.52 Å². The van der Waals surface area contributed by atoms with E-state index < -0.39 is 10.0 Å². The zero-order chi connectivity index (χ0) is 21.7.